The quantitative estimate of drug-likeness (QED) is 0.331. The van der Waals surface area contributed by atoms with Crippen LogP contribution in [0, 0.1) is 0 Å². The number of hydrogen-bond donors (Lipinski definition) is 2. The van der Waals surface area contributed by atoms with Crippen LogP contribution in [0.3, 0.4) is 0 Å². The summed E-state index contributed by atoms with van der Waals surface area (Å²) in [7, 11) is -5.90. The molecule has 0 bridgehead atoms. The first-order valence-electron chi connectivity index (χ1n) is 11.4. The van der Waals surface area contributed by atoms with Gasteiger partial charge in [-0.15, -0.1) is 0 Å². The van der Waals surface area contributed by atoms with Crippen molar-refractivity contribution in [3.05, 3.63) is 109 Å². The monoisotopic (exact) mass is 476 g/mol. The van der Waals surface area contributed by atoms with Gasteiger partial charge in [0.1, 0.15) is 0 Å². The van der Waals surface area contributed by atoms with Gasteiger partial charge in [0.05, 0.1) is 0 Å². The van der Waals surface area contributed by atoms with Crippen molar-refractivity contribution in [3.63, 3.8) is 0 Å². The molecule has 2 N–H and O–H groups in total. The van der Waals surface area contributed by atoms with Gasteiger partial charge in [-0.1, -0.05) is 0 Å². The number of hydrogen-bond acceptors (Lipinski definition) is 3. The van der Waals surface area contributed by atoms with Crippen molar-refractivity contribution in [3.8, 4) is 28.0 Å². The Hall–Kier alpha value is -2.54. The van der Waals surface area contributed by atoms with Gasteiger partial charge >= 0.3 is 197 Å². The number of benzene rings is 4. The van der Waals surface area contributed by atoms with Crippen LogP contribution in [0.4, 0.5) is 0 Å². The summed E-state index contributed by atoms with van der Waals surface area (Å²) in [6.07, 6.45) is 1.73. The van der Waals surface area contributed by atoms with Crippen LogP contribution in [-0.4, -0.2) is 28.8 Å². The molecule has 1 aliphatic heterocycles. The second kappa shape index (κ2) is 9.01. The van der Waals surface area contributed by atoms with Crippen LogP contribution in [0.2, 0.25) is 0 Å². The number of fused-ring (bicyclic) bond motifs is 3. The fraction of sp³-hybridized carbons (Fsp3) is 0.143. The van der Waals surface area contributed by atoms with Crippen molar-refractivity contribution in [1.29, 1.82) is 0 Å². The zero-order valence-corrected chi connectivity index (χ0v) is 20.7. The zero-order chi connectivity index (χ0) is 22.9. The van der Waals surface area contributed by atoms with E-state index in [1.807, 2.05) is 79.5 Å². The van der Waals surface area contributed by atoms with E-state index < -0.39 is 15.2 Å². The first kappa shape index (κ1) is 22.3. The van der Waals surface area contributed by atoms with Gasteiger partial charge < -0.3 is 0 Å². The summed E-state index contributed by atoms with van der Waals surface area (Å²) in [4.78, 5) is 23.3. The summed E-state index contributed by atoms with van der Waals surface area (Å²) in [5.74, 6) is 0.698. The Morgan fingerprint density at radius 2 is 1.36 bits per heavy atom. The van der Waals surface area contributed by atoms with Crippen molar-refractivity contribution in [2.24, 2.45) is 0 Å². The molecule has 0 amide bonds. The molecule has 33 heavy (non-hydrogen) atoms. The Balaban J connectivity index is 1.39. The van der Waals surface area contributed by atoms with Crippen LogP contribution >= 0.6 is 15.2 Å². The molecular weight excluding hydrogens is 446 g/mol. The molecule has 0 spiro atoms. The second-order valence-electron chi connectivity index (χ2n) is 9.05. The van der Waals surface area contributed by atoms with Gasteiger partial charge in [0, 0.05) is 0 Å². The summed E-state index contributed by atoms with van der Waals surface area (Å²) >= 11 is 0. The Kier molecular flexibility index (Phi) is 6.08. The fourth-order valence-corrected chi connectivity index (χ4v) is 11.8. The molecular formula is C28H30O3P2. The average Bonchev–Trinajstić information content (AvgIpc) is 2.84. The second-order valence-corrected chi connectivity index (χ2v) is 15.6. The third-order valence-electron chi connectivity index (χ3n) is 6.52. The third kappa shape index (κ3) is 4.60. The van der Waals surface area contributed by atoms with E-state index in [0.717, 1.165) is 22.0 Å². The molecule has 0 aromatic heterocycles. The van der Waals surface area contributed by atoms with Gasteiger partial charge in [-0.25, -0.2) is 0 Å². The molecule has 0 atom stereocenters. The Labute approximate surface area is 196 Å². The molecule has 0 fully saturated rings. The molecule has 3 nitrogen and oxygen atoms in total. The SMILES string of the molecule is C[PH](O)(CC[PH]1(O)Cc2ccccc2-c2ccccc21)Oc1ccccc1-c1ccccc1. The van der Waals surface area contributed by atoms with E-state index in [0.29, 0.717) is 24.2 Å². The molecule has 5 heteroatoms. The number of para-hydroxylation sites is 1. The molecule has 0 saturated carbocycles. The van der Waals surface area contributed by atoms with Crippen LogP contribution in [0.5, 0.6) is 5.75 Å². The van der Waals surface area contributed by atoms with Gasteiger partial charge in [-0.05, 0) is 0 Å². The van der Waals surface area contributed by atoms with Crippen molar-refractivity contribution < 1.29 is 14.3 Å². The van der Waals surface area contributed by atoms with Crippen molar-refractivity contribution >= 4 is 20.5 Å². The average molecular weight is 476 g/mol. The van der Waals surface area contributed by atoms with E-state index in [-0.39, 0.29) is 0 Å². The Bertz CT molecular complexity index is 1270. The first-order chi connectivity index (χ1) is 16.0. The van der Waals surface area contributed by atoms with Gasteiger partial charge in [-0.3, -0.25) is 0 Å². The van der Waals surface area contributed by atoms with Crippen LogP contribution in [0.15, 0.2) is 103 Å². The van der Waals surface area contributed by atoms with Gasteiger partial charge in [0.25, 0.3) is 0 Å². The zero-order valence-electron chi connectivity index (χ0n) is 18.7. The molecule has 1 heterocycles. The normalized spacial score (nSPS) is 15.7. The molecule has 1 aliphatic rings. The topological polar surface area (TPSA) is 49.7 Å². The molecule has 0 saturated heterocycles. The maximum atomic E-state index is 11.9. The molecule has 0 aliphatic carbocycles. The summed E-state index contributed by atoms with van der Waals surface area (Å²) < 4.78 is 6.29. The molecule has 4 aromatic rings. The predicted molar refractivity (Wildman–Crippen MR) is 144 cm³/mol. The van der Waals surface area contributed by atoms with Gasteiger partial charge in [-0.2, -0.15) is 0 Å². The van der Waals surface area contributed by atoms with Crippen molar-refractivity contribution in [2.75, 3.05) is 19.0 Å². The van der Waals surface area contributed by atoms with Gasteiger partial charge in [0.2, 0.25) is 0 Å². The molecule has 0 radical (unpaired) electrons. The predicted octanol–water partition coefficient (Wildman–Crippen LogP) is 6.10. The van der Waals surface area contributed by atoms with Crippen molar-refractivity contribution in [2.45, 2.75) is 6.16 Å². The standard InChI is InChI=1S/C28H30O3P2/c1-32(29,31-27-17-9-7-15-25(27)22-11-3-2-4-12-22)19-20-33(30)21-23-13-5-6-14-24(23)26-16-8-10-18-28(26)33/h2-18,29-30,32-33H,19-21H2,1H3. The van der Waals surface area contributed by atoms with Gasteiger partial charge in [0.15, 0.2) is 0 Å². The third-order valence-corrected chi connectivity index (χ3v) is 12.3. The van der Waals surface area contributed by atoms with Crippen LogP contribution < -0.4 is 9.83 Å². The Morgan fingerprint density at radius 1 is 0.758 bits per heavy atom. The van der Waals surface area contributed by atoms with E-state index in [9.17, 15) is 9.79 Å². The van der Waals surface area contributed by atoms with Crippen LogP contribution in [-0.2, 0) is 6.16 Å². The summed E-state index contributed by atoms with van der Waals surface area (Å²) in [5, 5.41) is 1.07. The molecule has 0 unspecified atom stereocenters. The van der Waals surface area contributed by atoms with E-state index in [1.165, 1.54) is 11.1 Å². The number of rotatable bonds is 6. The first-order valence-corrected chi connectivity index (χ1v) is 16.3. The van der Waals surface area contributed by atoms with Crippen LogP contribution in [0.1, 0.15) is 5.56 Å². The van der Waals surface area contributed by atoms with E-state index in [4.69, 9.17) is 4.52 Å². The maximum absolute atomic E-state index is 11.9. The van der Waals surface area contributed by atoms with Crippen molar-refractivity contribution in [1.82, 2.24) is 0 Å². The minimum absolute atomic E-state index is 0.481. The molecule has 170 valence electrons. The molecule has 4 aromatic carbocycles. The van der Waals surface area contributed by atoms with E-state index in [1.54, 1.807) is 0 Å². The van der Waals surface area contributed by atoms with Crippen LogP contribution in [0.25, 0.3) is 22.3 Å². The molecule has 5 rings (SSSR count). The fourth-order valence-electron chi connectivity index (χ4n) is 4.83. The van der Waals surface area contributed by atoms with E-state index >= 15 is 0 Å². The summed E-state index contributed by atoms with van der Waals surface area (Å²) in [6.45, 7) is 1.83. The van der Waals surface area contributed by atoms with E-state index in [2.05, 4.69) is 30.3 Å². The Morgan fingerprint density at radius 3 is 2.15 bits per heavy atom. The summed E-state index contributed by atoms with van der Waals surface area (Å²) in [5.41, 5.74) is 5.57. The minimum atomic E-state index is -3.08. The summed E-state index contributed by atoms with van der Waals surface area (Å²) in [6, 6.07) is 34.5.